The SMILES string of the molecule is OC1CCCCC1NCCc1ccc2c(c1)OCCO2. The molecule has 1 saturated carbocycles. The Balaban J connectivity index is 1.50. The Morgan fingerprint density at radius 1 is 1.10 bits per heavy atom. The third-order valence-corrected chi connectivity index (χ3v) is 4.16. The zero-order valence-corrected chi connectivity index (χ0v) is 11.8. The molecule has 1 aromatic carbocycles. The Morgan fingerprint density at radius 2 is 1.90 bits per heavy atom. The lowest BCUT2D eigenvalue weighted by Crippen LogP contribution is -2.42. The Labute approximate surface area is 120 Å². The Morgan fingerprint density at radius 3 is 2.75 bits per heavy atom. The van der Waals surface area contributed by atoms with Crippen molar-refractivity contribution in [3.05, 3.63) is 23.8 Å². The second kappa shape index (κ2) is 6.46. The molecule has 2 aliphatic rings. The van der Waals surface area contributed by atoms with E-state index in [0.29, 0.717) is 13.2 Å². The summed E-state index contributed by atoms with van der Waals surface area (Å²) in [4.78, 5) is 0. The number of aliphatic hydroxyl groups is 1. The summed E-state index contributed by atoms with van der Waals surface area (Å²) < 4.78 is 11.1. The molecule has 0 bridgehead atoms. The predicted molar refractivity (Wildman–Crippen MR) is 77.4 cm³/mol. The van der Waals surface area contributed by atoms with Crippen LogP contribution >= 0.6 is 0 Å². The lowest BCUT2D eigenvalue weighted by atomic mass is 9.92. The molecule has 0 aromatic heterocycles. The maximum absolute atomic E-state index is 9.93. The van der Waals surface area contributed by atoms with Crippen molar-refractivity contribution in [1.82, 2.24) is 5.32 Å². The van der Waals surface area contributed by atoms with Gasteiger partial charge in [0.1, 0.15) is 13.2 Å². The monoisotopic (exact) mass is 277 g/mol. The van der Waals surface area contributed by atoms with Crippen molar-refractivity contribution in [3.63, 3.8) is 0 Å². The average molecular weight is 277 g/mol. The van der Waals surface area contributed by atoms with E-state index in [1.807, 2.05) is 6.07 Å². The number of aliphatic hydroxyl groups excluding tert-OH is 1. The van der Waals surface area contributed by atoms with Crippen molar-refractivity contribution in [2.75, 3.05) is 19.8 Å². The lowest BCUT2D eigenvalue weighted by Gasteiger charge is -2.28. The van der Waals surface area contributed by atoms with Gasteiger partial charge in [-0.2, -0.15) is 0 Å². The minimum absolute atomic E-state index is 0.177. The Hall–Kier alpha value is -1.26. The molecule has 2 unspecified atom stereocenters. The van der Waals surface area contributed by atoms with E-state index in [1.165, 1.54) is 12.0 Å². The smallest absolute Gasteiger partial charge is 0.161 e. The van der Waals surface area contributed by atoms with Crippen LogP contribution in [0.5, 0.6) is 11.5 Å². The minimum Gasteiger partial charge on any atom is -0.486 e. The number of hydrogen-bond acceptors (Lipinski definition) is 4. The first-order valence-corrected chi connectivity index (χ1v) is 7.63. The molecule has 20 heavy (non-hydrogen) atoms. The Bertz CT molecular complexity index is 449. The highest BCUT2D eigenvalue weighted by atomic mass is 16.6. The molecule has 1 aliphatic carbocycles. The van der Waals surface area contributed by atoms with Crippen LogP contribution in [0.4, 0.5) is 0 Å². The normalized spacial score (nSPS) is 25.4. The zero-order valence-electron chi connectivity index (χ0n) is 11.8. The van der Waals surface area contributed by atoms with Gasteiger partial charge in [-0.25, -0.2) is 0 Å². The summed E-state index contributed by atoms with van der Waals surface area (Å²) in [5, 5.41) is 13.4. The van der Waals surface area contributed by atoms with Crippen LogP contribution in [0.15, 0.2) is 18.2 Å². The summed E-state index contributed by atoms with van der Waals surface area (Å²) in [5.41, 5.74) is 1.24. The van der Waals surface area contributed by atoms with Gasteiger partial charge in [-0.3, -0.25) is 0 Å². The number of benzene rings is 1. The first-order chi connectivity index (χ1) is 9.83. The molecule has 2 atom stereocenters. The van der Waals surface area contributed by atoms with Crippen molar-refractivity contribution in [3.8, 4) is 11.5 Å². The highest BCUT2D eigenvalue weighted by Gasteiger charge is 2.22. The summed E-state index contributed by atoms with van der Waals surface area (Å²) in [5.74, 6) is 1.70. The van der Waals surface area contributed by atoms with Gasteiger partial charge in [-0.05, 0) is 43.5 Å². The number of rotatable bonds is 4. The van der Waals surface area contributed by atoms with Crippen LogP contribution in [0.1, 0.15) is 31.2 Å². The second-order valence-corrected chi connectivity index (χ2v) is 5.64. The van der Waals surface area contributed by atoms with E-state index in [2.05, 4.69) is 17.4 Å². The van der Waals surface area contributed by atoms with Gasteiger partial charge in [0, 0.05) is 6.04 Å². The molecule has 2 N–H and O–H groups in total. The quantitative estimate of drug-likeness (QED) is 0.882. The fourth-order valence-corrected chi connectivity index (χ4v) is 2.99. The average Bonchev–Trinajstić information content (AvgIpc) is 2.49. The van der Waals surface area contributed by atoms with Crippen LogP contribution in [0, 0.1) is 0 Å². The van der Waals surface area contributed by atoms with Gasteiger partial charge in [0.15, 0.2) is 11.5 Å². The molecule has 110 valence electrons. The molecule has 1 aromatic rings. The molecule has 3 rings (SSSR count). The first-order valence-electron chi connectivity index (χ1n) is 7.63. The van der Waals surface area contributed by atoms with Crippen LogP contribution < -0.4 is 14.8 Å². The molecule has 1 heterocycles. The van der Waals surface area contributed by atoms with Gasteiger partial charge >= 0.3 is 0 Å². The van der Waals surface area contributed by atoms with E-state index in [9.17, 15) is 5.11 Å². The maximum atomic E-state index is 9.93. The van der Waals surface area contributed by atoms with Gasteiger partial charge in [-0.15, -0.1) is 0 Å². The fraction of sp³-hybridized carbons (Fsp3) is 0.625. The highest BCUT2D eigenvalue weighted by Crippen LogP contribution is 2.30. The van der Waals surface area contributed by atoms with Crippen molar-refractivity contribution >= 4 is 0 Å². The predicted octanol–water partition coefficient (Wildman–Crippen LogP) is 1.89. The summed E-state index contributed by atoms with van der Waals surface area (Å²) in [6.07, 6.45) is 5.16. The maximum Gasteiger partial charge on any atom is 0.161 e. The van der Waals surface area contributed by atoms with Crippen LogP contribution in [-0.2, 0) is 6.42 Å². The van der Waals surface area contributed by atoms with E-state index >= 15 is 0 Å². The van der Waals surface area contributed by atoms with Crippen LogP contribution in [-0.4, -0.2) is 37.0 Å². The molecule has 4 heteroatoms. The second-order valence-electron chi connectivity index (χ2n) is 5.64. The molecule has 0 saturated heterocycles. The zero-order chi connectivity index (χ0) is 13.8. The fourth-order valence-electron chi connectivity index (χ4n) is 2.99. The molecular weight excluding hydrogens is 254 g/mol. The molecule has 0 amide bonds. The number of fused-ring (bicyclic) bond motifs is 1. The van der Waals surface area contributed by atoms with Gasteiger partial charge in [-0.1, -0.05) is 18.9 Å². The lowest BCUT2D eigenvalue weighted by molar-refractivity contribution is 0.0914. The van der Waals surface area contributed by atoms with E-state index in [0.717, 1.165) is 43.7 Å². The van der Waals surface area contributed by atoms with Crippen LogP contribution in [0.25, 0.3) is 0 Å². The van der Waals surface area contributed by atoms with Gasteiger partial charge in [0.05, 0.1) is 6.10 Å². The van der Waals surface area contributed by atoms with Crippen molar-refractivity contribution < 1.29 is 14.6 Å². The number of ether oxygens (including phenoxy) is 2. The van der Waals surface area contributed by atoms with Gasteiger partial charge in [0.2, 0.25) is 0 Å². The molecular formula is C16H23NO3. The van der Waals surface area contributed by atoms with Crippen molar-refractivity contribution in [2.45, 2.75) is 44.2 Å². The summed E-state index contributed by atoms with van der Waals surface area (Å²) in [6, 6.07) is 6.40. The molecule has 0 spiro atoms. The van der Waals surface area contributed by atoms with Crippen molar-refractivity contribution in [1.29, 1.82) is 0 Å². The Kier molecular flexibility index (Phi) is 4.43. The van der Waals surface area contributed by atoms with Crippen LogP contribution in [0.3, 0.4) is 0 Å². The van der Waals surface area contributed by atoms with Crippen molar-refractivity contribution in [2.24, 2.45) is 0 Å². The third-order valence-electron chi connectivity index (χ3n) is 4.16. The summed E-state index contributed by atoms with van der Waals surface area (Å²) >= 11 is 0. The van der Waals surface area contributed by atoms with E-state index in [4.69, 9.17) is 9.47 Å². The van der Waals surface area contributed by atoms with E-state index < -0.39 is 0 Å². The molecule has 0 radical (unpaired) electrons. The third kappa shape index (κ3) is 3.25. The van der Waals surface area contributed by atoms with Crippen LogP contribution in [0.2, 0.25) is 0 Å². The molecule has 1 fully saturated rings. The van der Waals surface area contributed by atoms with E-state index in [-0.39, 0.29) is 12.1 Å². The first kappa shape index (κ1) is 13.7. The largest absolute Gasteiger partial charge is 0.486 e. The van der Waals surface area contributed by atoms with E-state index in [1.54, 1.807) is 0 Å². The standard InChI is InChI=1S/C16H23NO3/c18-14-4-2-1-3-13(14)17-8-7-12-5-6-15-16(11-12)20-10-9-19-15/h5-6,11,13-14,17-18H,1-4,7-10H2. The highest BCUT2D eigenvalue weighted by molar-refractivity contribution is 5.43. The summed E-state index contributed by atoms with van der Waals surface area (Å²) in [6.45, 7) is 2.15. The summed E-state index contributed by atoms with van der Waals surface area (Å²) in [7, 11) is 0. The molecule has 1 aliphatic heterocycles. The topological polar surface area (TPSA) is 50.7 Å². The minimum atomic E-state index is -0.177. The van der Waals surface area contributed by atoms with Gasteiger partial charge < -0.3 is 19.9 Å². The number of hydrogen-bond donors (Lipinski definition) is 2. The molecule has 4 nitrogen and oxygen atoms in total. The number of nitrogens with one attached hydrogen (secondary N) is 1. The van der Waals surface area contributed by atoms with Gasteiger partial charge in [0.25, 0.3) is 0 Å².